The van der Waals surface area contributed by atoms with Crippen LogP contribution >= 0.6 is 0 Å². The number of rotatable bonds is 3. The van der Waals surface area contributed by atoms with Gasteiger partial charge in [0, 0.05) is 61.3 Å². The summed E-state index contributed by atoms with van der Waals surface area (Å²) in [7, 11) is 0. The van der Waals surface area contributed by atoms with Crippen molar-refractivity contribution in [2.75, 3.05) is 9.80 Å². The highest BCUT2D eigenvalue weighted by Crippen LogP contribution is 2.50. The van der Waals surface area contributed by atoms with Gasteiger partial charge in [0.25, 0.3) is 6.71 Å². The molecule has 0 spiro atoms. The molecule has 4 heterocycles. The molecule has 270 valence electrons. The monoisotopic (exact) mass is 732 g/mol. The summed E-state index contributed by atoms with van der Waals surface area (Å²) < 4.78 is 13.5. The number of hydrogen-bond donors (Lipinski definition) is 0. The quantitative estimate of drug-likeness (QED) is 0.169. The van der Waals surface area contributed by atoms with Crippen molar-refractivity contribution in [3.63, 3.8) is 0 Å². The molecule has 3 aliphatic rings. The minimum Gasteiger partial charge on any atom is -0.456 e. The molecule has 4 nitrogen and oxygen atoms in total. The molecule has 0 fully saturated rings. The summed E-state index contributed by atoms with van der Waals surface area (Å²) in [6, 6.07) is 52.8. The van der Waals surface area contributed by atoms with E-state index in [4.69, 9.17) is 8.83 Å². The second-order valence-electron chi connectivity index (χ2n) is 16.1. The number of furan rings is 2. The highest BCUT2D eigenvalue weighted by Gasteiger charge is 2.43. The van der Waals surface area contributed by atoms with E-state index in [1.165, 1.54) is 44.3 Å². The summed E-state index contributed by atoms with van der Waals surface area (Å²) in [6.07, 6.45) is 3.98. The second-order valence-corrected chi connectivity index (χ2v) is 16.1. The minimum absolute atomic E-state index is 0.0407. The third kappa shape index (κ3) is 4.29. The van der Waals surface area contributed by atoms with Crippen LogP contribution in [0.25, 0.3) is 55.8 Å². The number of para-hydroxylation sites is 3. The first-order valence-electron chi connectivity index (χ1n) is 19.8. The predicted octanol–water partition coefficient (Wildman–Crippen LogP) is 10.2. The standard InChI is InChI=1S/C52H37BN2O2/c1-5-15-36-38-29-37-33-16-6-8-18-39(33)52(3,4)40(37)30-49(38)57-51(36)31(2)54-43-21-11-9-19-41(43)53-42-20-10-12-22-44(42)55(46-24-14-23-45(54)50(46)53)32-26-27-35-34-17-7-13-25-47(34)56-48(35)28-32/h5-30H,1H2,2-4H3/b36-15-,51-31-. The van der Waals surface area contributed by atoms with Gasteiger partial charge in [0.15, 0.2) is 5.42 Å². The second kappa shape index (κ2) is 11.5. The lowest BCUT2D eigenvalue weighted by molar-refractivity contribution is 0.568. The smallest absolute Gasteiger partial charge is 0.252 e. The zero-order valence-electron chi connectivity index (χ0n) is 32.0. The fraction of sp³-hybridized carbons (Fsp3) is 0.0769. The number of anilines is 5. The van der Waals surface area contributed by atoms with E-state index in [-0.39, 0.29) is 12.1 Å². The Morgan fingerprint density at radius 1 is 0.596 bits per heavy atom. The Hall–Kier alpha value is -6.98. The van der Waals surface area contributed by atoms with Crippen molar-refractivity contribution in [2.45, 2.75) is 26.2 Å². The first kappa shape index (κ1) is 32.3. The fourth-order valence-corrected chi connectivity index (χ4v) is 10.3. The van der Waals surface area contributed by atoms with E-state index < -0.39 is 0 Å². The summed E-state index contributed by atoms with van der Waals surface area (Å²) in [5, 5.41) is 4.38. The number of nitrogens with zero attached hydrogens (tertiary/aromatic N) is 2. The average molecular weight is 733 g/mol. The summed E-state index contributed by atoms with van der Waals surface area (Å²) in [6.45, 7) is 11.0. The number of fused-ring (bicyclic) bond motifs is 11. The van der Waals surface area contributed by atoms with Crippen LogP contribution in [-0.4, -0.2) is 6.71 Å². The SMILES string of the molecule is C=C/C=c1\c(=C(/C)N2c3ccccc3B3c4ccccc4N(c4ccc5c(c4)oc4ccccc45)c4cccc2c43)oc2cc3c(cc12)-c1ccccc1C3(C)C. The van der Waals surface area contributed by atoms with Crippen LogP contribution in [0.4, 0.5) is 28.4 Å². The Labute approximate surface area is 331 Å². The molecule has 0 saturated carbocycles. The Bertz CT molecular complexity index is 3350. The van der Waals surface area contributed by atoms with Gasteiger partial charge in [-0.25, -0.2) is 0 Å². The molecule has 12 rings (SSSR count). The zero-order valence-corrected chi connectivity index (χ0v) is 32.0. The van der Waals surface area contributed by atoms with Gasteiger partial charge < -0.3 is 18.6 Å². The van der Waals surface area contributed by atoms with Crippen molar-refractivity contribution >= 4 is 96.2 Å². The van der Waals surface area contributed by atoms with Gasteiger partial charge in [-0.05, 0) is 100 Å². The zero-order chi connectivity index (χ0) is 38.2. The molecule has 0 radical (unpaired) electrons. The predicted molar refractivity (Wildman–Crippen MR) is 238 cm³/mol. The van der Waals surface area contributed by atoms with Gasteiger partial charge in [0.2, 0.25) is 0 Å². The van der Waals surface area contributed by atoms with Gasteiger partial charge in [0.05, 0.1) is 5.70 Å². The molecule has 0 atom stereocenters. The summed E-state index contributed by atoms with van der Waals surface area (Å²) in [5.74, 6) is 0. The van der Waals surface area contributed by atoms with E-state index in [2.05, 4.69) is 177 Å². The molecule has 0 amide bonds. The Kier molecular flexibility index (Phi) is 6.53. The first-order valence-corrected chi connectivity index (χ1v) is 19.8. The van der Waals surface area contributed by atoms with Crippen LogP contribution in [0.15, 0.2) is 167 Å². The van der Waals surface area contributed by atoms with E-state index >= 15 is 0 Å². The maximum absolute atomic E-state index is 7.05. The van der Waals surface area contributed by atoms with Crippen LogP contribution in [0.2, 0.25) is 0 Å². The van der Waals surface area contributed by atoms with Gasteiger partial charge in [-0.2, -0.15) is 0 Å². The molecule has 5 heteroatoms. The van der Waals surface area contributed by atoms with Gasteiger partial charge in [-0.15, -0.1) is 0 Å². The largest absolute Gasteiger partial charge is 0.456 e. The van der Waals surface area contributed by atoms with Gasteiger partial charge >= 0.3 is 0 Å². The van der Waals surface area contributed by atoms with Crippen molar-refractivity contribution in [1.29, 1.82) is 0 Å². The van der Waals surface area contributed by atoms with Crippen LogP contribution in [0.5, 0.6) is 0 Å². The molecule has 0 N–H and O–H groups in total. The Morgan fingerprint density at radius 3 is 2.14 bits per heavy atom. The molecular formula is C52H37BN2O2. The molecular weight excluding hydrogens is 695 g/mol. The number of hydrogen-bond acceptors (Lipinski definition) is 4. The van der Waals surface area contributed by atoms with E-state index in [0.29, 0.717) is 0 Å². The molecule has 57 heavy (non-hydrogen) atoms. The van der Waals surface area contributed by atoms with Crippen LogP contribution in [0, 0.1) is 0 Å². The maximum atomic E-state index is 7.05. The van der Waals surface area contributed by atoms with Crippen LogP contribution in [0.1, 0.15) is 31.9 Å². The van der Waals surface area contributed by atoms with E-state index in [0.717, 1.165) is 72.0 Å². The Balaban J connectivity index is 1.11. The molecule has 9 aromatic rings. The third-order valence-corrected chi connectivity index (χ3v) is 12.8. The van der Waals surface area contributed by atoms with Crippen molar-refractivity contribution < 1.29 is 8.83 Å². The van der Waals surface area contributed by atoms with E-state index in [1.54, 1.807) is 0 Å². The number of allylic oxidation sites excluding steroid dienone is 1. The third-order valence-electron chi connectivity index (χ3n) is 12.8. The lowest BCUT2D eigenvalue weighted by Crippen LogP contribution is -2.61. The first-order chi connectivity index (χ1) is 27.9. The molecule has 2 aliphatic heterocycles. The average Bonchev–Trinajstić information content (AvgIpc) is 3.87. The lowest BCUT2D eigenvalue weighted by atomic mass is 9.33. The normalized spacial score (nSPS) is 15.4. The van der Waals surface area contributed by atoms with Gasteiger partial charge in [-0.3, -0.25) is 0 Å². The summed E-state index contributed by atoms with van der Waals surface area (Å²) in [4.78, 5) is 4.84. The van der Waals surface area contributed by atoms with Crippen LogP contribution < -0.4 is 36.8 Å². The van der Waals surface area contributed by atoms with Gasteiger partial charge in [-0.1, -0.05) is 118 Å². The molecule has 0 bridgehead atoms. The molecule has 0 unspecified atom stereocenters. The van der Waals surface area contributed by atoms with Crippen molar-refractivity contribution in [3.05, 3.63) is 180 Å². The molecule has 2 aromatic heterocycles. The lowest BCUT2D eigenvalue weighted by Gasteiger charge is -2.44. The Morgan fingerprint density at radius 2 is 1.28 bits per heavy atom. The molecule has 0 saturated heterocycles. The van der Waals surface area contributed by atoms with Crippen LogP contribution in [-0.2, 0) is 5.41 Å². The topological polar surface area (TPSA) is 32.8 Å². The summed E-state index contributed by atoms with van der Waals surface area (Å²) >= 11 is 0. The summed E-state index contributed by atoms with van der Waals surface area (Å²) in [5.41, 5.74) is 19.1. The van der Waals surface area contributed by atoms with E-state index in [1.807, 2.05) is 18.2 Å². The van der Waals surface area contributed by atoms with E-state index in [9.17, 15) is 0 Å². The van der Waals surface area contributed by atoms with Crippen LogP contribution in [0.3, 0.4) is 0 Å². The maximum Gasteiger partial charge on any atom is 0.252 e. The van der Waals surface area contributed by atoms with Gasteiger partial charge in [0.1, 0.15) is 16.7 Å². The highest BCUT2D eigenvalue weighted by atomic mass is 16.3. The minimum atomic E-state index is -0.130. The fourth-order valence-electron chi connectivity index (χ4n) is 10.3. The number of benzene rings is 7. The molecule has 7 aromatic carbocycles. The van der Waals surface area contributed by atoms with Crippen molar-refractivity contribution in [1.82, 2.24) is 0 Å². The van der Waals surface area contributed by atoms with Crippen molar-refractivity contribution in [2.24, 2.45) is 0 Å². The van der Waals surface area contributed by atoms with Crippen molar-refractivity contribution in [3.8, 4) is 11.1 Å². The highest BCUT2D eigenvalue weighted by molar-refractivity contribution is 7.00. The molecule has 1 aliphatic carbocycles.